The Hall–Kier alpha value is -0.910. The molecule has 1 unspecified atom stereocenters. The summed E-state index contributed by atoms with van der Waals surface area (Å²) < 4.78 is 29.0. The van der Waals surface area contributed by atoms with E-state index in [0.29, 0.717) is 17.4 Å². The zero-order chi connectivity index (χ0) is 16.9. The summed E-state index contributed by atoms with van der Waals surface area (Å²) in [5, 5.41) is 0. The van der Waals surface area contributed by atoms with E-state index in [9.17, 15) is 8.42 Å². The van der Waals surface area contributed by atoms with Gasteiger partial charge >= 0.3 is 0 Å². The fraction of sp³-hybridized carbons (Fsp3) is 0.647. The van der Waals surface area contributed by atoms with Crippen LogP contribution in [0.5, 0.6) is 0 Å². The fourth-order valence-corrected chi connectivity index (χ4v) is 5.32. The number of nitrogens with one attached hydrogen (secondary N) is 1. The van der Waals surface area contributed by atoms with Crippen LogP contribution in [0.15, 0.2) is 4.90 Å². The zero-order valence-corrected chi connectivity index (χ0v) is 15.3. The van der Waals surface area contributed by atoms with Crippen LogP contribution in [0.25, 0.3) is 0 Å². The van der Waals surface area contributed by atoms with Crippen molar-refractivity contribution in [3.63, 3.8) is 0 Å². The lowest BCUT2D eigenvalue weighted by Crippen LogP contribution is -2.53. The maximum Gasteiger partial charge on any atom is 0.241 e. The maximum atomic E-state index is 13.0. The SMILES string of the molecule is Cc1c(C)c(C)c(S(=O)(=O)NC(C)(CN)C2CC2)c(C)c1C. The molecule has 4 nitrogen and oxygen atoms in total. The van der Waals surface area contributed by atoms with Gasteiger partial charge in [0.25, 0.3) is 0 Å². The molecule has 1 aliphatic rings. The third-order valence-electron chi connectivity index (χ3n) is 5.47. The minimum atomic E-state index is -3.59. The molecule has 1 saturated carbocycles. The minimum absolute atomic E-state index is 0.318. The van der Waals surface area contributed by atoms with E-state index in [1.165, 1.54) is 0 Å². The molecule has 0 aromatic heterocycles. The quantitative estimate of drug-likeness (QED) is 0.874. The molecule has 124 valence electrons. The predicted molar refractivity (Wildman–Crippen MR) is 90.6 cm³/mol. The first-order valence-electron chi connectivity index (χ1n) is 7.86. The number of benzene rings is 1. The highest BCUT2D eigenvalue weighted by atomic mass is 32.2. The summed E-state index contributed by atoms with van der Waals surface area (Å²) in [4.78, 5) is 0.424. The van der Waals surface area contributed by atoms with Crippen molar-refractivity contribution < 1.29 is 8.42 Å². The highest BCUT2D eigenvalue weighted by molar-refractivity contribution is 7.89. The third kappa shape index (κ3) is 2.82. The smallest absolute Gasteiger partial charge is 0.241 e. The average Bonchev–Trinajstić information content (AvgIpc) is 3.27. The molecular weight excluding hydrogens is 296 g/mol. The van der Waals surface area contributed by atoms with Crippen molar-refractivity contribution >= 4 is 10.0 Å². The molecule has 1 aromatic rings. The van der Waals surface area contributed by atoms with Gasteiger partial charge in [-0.25, -0.2) is 13.1 Å². The number of nitrogens with two attached hydrogens (primary N) is 1. The van der Waals surface area contributed by atoms with E-state index in [4.69, 9.17) is 5.73 Å². The molecular formula is C17H28N2O2S. The van der Waals surface area contributed by atoms with Crippen molar-refractivity contribution in [1.29, 1.82) is 0 Å². The van der Waals surface area contributed by atoms with Crippen molar-refractivity contribution in [1.82, 2.24) is 4.72 Å². The lowest BCUT2D eigenvalue weighted by atomic mass is 9.95. The first-order valence-corrected chi connectivity index (χ1v) is 9.34. The monoisotopic (exact) mass is 324 g/mol. The zero-order valence-electron chi connectivity index (χ0n) is 14.5. The number of hydrogen-bond donors (Lipinski definition) is 2. The van der Waals surface area contributed by atoms with Gasteiger partial charge < -0.3 is 5.73 Å². The second kappa shape index (κ2) is 5.62. The van der Waals surface area contributed by atoms with Gasteiger partial charge in [0.1, 0.15) is 0 Å². The van der Waals surface area contributed by atoms with Crippen LogP contribution in [-0.2, 0) is 10.0 Å². The first kappa shape index (κ1) is 17.4. The molecule has 0 bridgehead atoms. The second-order valence-corrected chi connectivity index (χ2v) is 8.57. The van der Waals surface area contributed by atoms with E-state index < -0.39 is 15.6 Å². The lowest BCUT2D eigenvalue weighted by Gasteiger charge is -2.30. The molecule has 2 rings (SSSR count). The van der Waals surface area contributed by atoms with E-state index in [2.05, 4.69) is 4.72 Å². The van der Waals surface area contributed by atoms with E-state index in [1.807, 2.05) is 41.5 Å². The van der Waals surface area contributed by atoms with E-state index >= 15 is 0 Å². The fourth-order valence-electron chi connectivity index (χ4n) is 3.24. The molecule has 0 heterocycles. The Labute approximate surface area is 134 Å². The number of rotatable bonds is 5. The van der Waals surface area contributed by atoms with Gasteiger partial charge in [-0.2, -0.15) is 0 Å². The van der Waals surface area contributed by atoms with Crippen molar-refractivity contribution in [2.24, 2.45) is 11.7 Å². The Morgan fingerprint density at radius 2 is 1.41 bits per heavy atom. The maximum absolute atomic E-state index is 13.0. The molecule has 0 spiro atoms. The van der Waals surface area contributed by atoms with Crippen LogP contribution in [0.2, 0.25) is 0 Å². The predicted octanol–water partition coefficient (Wildman–Crippen LogP) is 2.63. The lowest BCUT2D eigenvalue weighted by molar-refractivity contribution is 0.374. The molecule has 0 amide bonds. The van der Waals surface area contributed by atoms with Gasteiger partial charge in [-0.1, -0.05) is 0 Å². The van der Waals surface area contributed by atoms with Crippen LogP contribution < -0.4 is 10.5 Å². The highest BCUT2D eigenvalue weighted by Crippen LogP contribution is 2.40. The van der Waals surface area contributed by atoms with Crippen molar-refractivity contribution in [3.05, 3.63) is 27.8 Å². The van der Waals surface area contributed by atoms with Gasteiger partial charge in [-0.15, -0.1) is 0 Å². The number of sulfonamides is 1. The summed E-state index contributed by atoms with van der Waals surface area (Å²) in [6, 6.07) is 0. The van der Waals surface area contributed by atoms with Gasteiger partial charge in [0, 0.05) is 12.1 Å². The van der Waals surface area contributed by atoms with Crippen LogP contribution in [-0.4, -0.2) is 20.5 Å². The molecule has 1 aromatic carbocycles. The average molecular weight is 324 g/mol. The second-order valence-electron chi connectivity index (χ2n) is 6.96. The minimum Gasteiger partial charge on any atom is -0.329 e. The standard InChI is InChI=1S/C17H28N2O2S/c1-10-11(2)13(4)16(14(5)12(10)3)22(20,21)19-17(6,9-18)15-7-8-15/h15,19H,7-9,18H2,1-6H3. The Morgan fingerprint density at radius 1 is 1.00 bits per heavy atom. The van der Waals surface area contributed by atoms with Crippen LogP contribution in [0.1, 0.15) is 47.6 Å². The van der Waals surface area contributed by atoms with Gasteiger partial charge in [-0.3, -0.25) is 0 Å². The topological polar surface area (TPSA) is 72.2 Å². The third-order valence-corrected chi connectivity index (χ3v) is 7.35. The Bertz CT molecular complexity index is 677. The van der Waals surface area contributed by atoms with Crippen LogP contribution in [0.3, 0.4) is 0 Å². The summed E-state index contributed by atoms with van der Waals surface area (Å²) in [6.45, 7) is 12.0. The van der Waals surface area contributed by atoms with Gasteiger partial charge in [0.15, 0.2) is 0 Å². The molecule has 22 heavy (non-hydrogen) atoms. The summed E-state index contributed by atoms with van der Waals surface area (Å²) in [5.74, 6) is 0.348. The Morgan fingerprint density at radius 3 is 1.77 bits per heavy atom. The molecule has 5 heteroatoms. The van der Waals surface area contributed by atoms with Crippen LogP contribution in [0.4, 0.5) is 0 Å². The molecule has 1 fully saturated rings. The normalized spacial score (nSPS) is 18.3. The van der Waals surface area contributed by atoms with Crippen molar-refractivity contribution in [2.45, 2.75) is 64.8 Å². The van der Waals surface area contributed by atoms with E-state index in [-0.39, 0.29) is 0 Å². The summed E-state index contributed by atoms with van der Waals surface area (Å²) in [7, 11) is -3.59. The van der Waals surface area contributed by atoms with Crippen molar-refractivity contribution in [2.75, 3.05) is 6.54 Å². The van der Waals surface area contributed by atoms with Crippen LogP contribution >= 0.6 is 0 Å². The molecule has 3 N–H and O–H groups in total. The molecule has 1 atom stereocenters. The van der Waals surface area contributed by atoms with Gasteiger partial charge in [0.05, 0.1) is 4.90 Å². The molecule has 0 radical (unpaired) electrons. The molecule has 1 aliphatic carbocycles. The van der Waals surface area contributed by atoms with E-state index in [0.717, 1.165) is 40.7 Å². The molecule has 0 aliphatic heterocycles. The van der Waals surface area contributed by atoms with E-state index in [1.54, 1.807) is 0 Å². The largest absolute Gasteiger partial charge is 0.329 e. The Kier molecular flexibility index (Phi) is 4.46. The van der Waals surface area contributed by atoms with Crippen molar-refractivity contribution in [3.8, 4) is 0 Å². The summed E-state index contributed by atoms with van der Waals surface area (Å²) in [6.07, 6.45) is 2.08. The molecule has 0 saturated heterocycles. The number of hydrogen-bond acceptors (Lipinski definition) is 3. The van der Waals surface area contributed by atoms with Crippen LogP contribution in [0, 0.1) is 40.5 Å². The Balaban J connectivity index is 2.55. The van der Waals surface area contributed by atoms with Gasteiger partial charge in [-0.05, 0) is 88.1 Å². The highest BCUT2D eigenvalue weighted by Gasteiger charge is 2.43. The first-order chi connectivity index (χ1) is 10.0. The summed E-state index contributed by atoms with van der Waals surface area (Å²) >= 11 is 0. The summed E-state index contributed by atoms with van der Waals surface area (Å²) in [5.41, 5.74) is 10.2. The van der Waals surface area contributed by atoms with Gasteiger partial charge in [0.2, 0.25) is 10.0 Å².